The SMILES string of the molecule is CN(C)C(=O)c1ccc(-c2ccc(N)nc2C(=O)O)cc1. The molecular formula is C15H15N3O3. The second-order valence-corrected chi connectivity index (χ2v) is 4.71. The number of nitrogen functional groups attached to an aromatic ring is 1. The van der Waals surface area contributed by atoms with Crippen LogP contribution >= 0.6 is 0 Å². The van der Waals surface area contributed by atoms with Gasteiger partial charge in [0, 0.05) is 25.2 Å². The first-order valence-electron chi connectivity index (χ1n) is 6.22. The minimum Gasteiger partial charge on any atom is -0.476 e. The number of hydrogen-bond donors (Lipinski definition) is 2. The Hall–Kier alpha value is -2.89. The minimum atomic E-state index is -1.15. The van der Waals surface area contributed by atoms with Crippen molar-refractivity contribution in [1.82, 2.24) is 9.88 Å². The molecule has 6 nitrogen and oxygen atoms in total. The molecular weight excluding hydrogens is 270 g/mol. The minimum absolute atomic E-state index is 0.110. The maximum Gasteiger partial charge on any atom is 0.355 e. The summed E-state index contributed by atoms with van der Waals surface area (Å²) in [5, 5.41) is 9.19. The number of pyridine rings is 1. The molecule has 0 unspecified atom stereocenters. The van der Waals surface area contributed by atoms with E-state index in [2.05, 4.69) is 4.98 Å². The van der Waals surface area contributed by atoms with Crippen LogP contribution in [0.2, 0.25) is 0 Å². The van der Waals surface area contributed by atoms with Gasteiger partial charge < -0.3 is 15.7 Å². The maximum atomic E-state index is 11.8. The number of nitrogens with zero attached hydrogens (tertiary/aromatic N) is 2. The standard InChI is InChI=1S/C15H15N3O3/c1-18(2)14(19)10-5-3-9(4-6-10)11-7-8-12(16)17-13(11)15(20)21/h3-8H,1-2H3,(H2,16,17)(H,20,21). The summed E-state index contributed by atoms with van der Waals surface area (Å²) in [6, 6.07) is 9.83. The number of carbonyl (C=O) groups excluding carboxylic acids is 1. The highest BCUT2D eigenvalue weighted by Crippen LogP contribution is 2.24. The molecule has 0 fully saturated rings. The predicted octanol–water partition coefficient (Wildman–Crippen LogP) is 1.73. The molecule has 0 radical (unpaired) electrons. The topological polar surface area (TPSA) is 96.5 Å². The largest absolute Gasteiger partial charge is 0.476 e. The third-order valence-corrected chi connectivity index (χ3v) is 2.97. The normalized spacial score (nSPS) is 10.2. The number of nitrogens with two attached hydrogens (primary N) is 1. The van der Waals surface area contributed by atoms with Gasteiger partial charge in [0.25, 0.3) is 5.91 Å². The van der Waals surface area contributed by atoms with Gasteiger partial charge in [-0.3, -0.25) is 4.79 Å². The molecule has 2 rings (SSSR count). The summed E-state index contributed by atoms with van der Waals surface area (Å²) < 4.78 is 0. The van der Waals surface area contributed by atoms with Crippen molar-refractivity contribution in [1.29, 1.82) is 0 Å². The number of carboxylic acids is 1. The summed E-state index contributed by atoms with van der Waals surface area (Å²) in [4.78, 5) is 28.4. The van der Waals surface area contributed by atoms with E-state index in [9.17, 15) is 14.7 Å². The first kappa shape index (κ1) is 14.5. The van der Waals surface area contributed by atoms with Gasteiger partial charge in [-0.05, 0) is 29.8 Å². The fourth-order valence-corrected chi connectivity index (χ4v) is 1.92. The highest BCUT2D eigenvalue weighted by molar-refractivity contribution is 5.96. The Bertz CT molecular complexity index is 694. The van der Waals surface area contributed by atoms with Crippen LogP contribution < -0.4 is 5.73 Å². The van der Waals surface area contributed by atoms with Gasteiger partial charge in [0.2, 0.25) is 0 Å². The van der Waals surface area contributed by atoms with Crippen LogP contribution in [0.5, 0.6) is 0 Å². The van der Waals surface area contributed by atoms with Gasteiger partial charge in [-0.2, -0.15) is 0 Å². The van der Waals surface area contributed by atoms with E-state index in [1.165, 1.54) is 4.90 Å². The zero-order valence-corrected chi connectivity index (χ0v) is 11.7. The van der Waals surface area contributed by atoms with Gasteiger partial charge in [0.15, 0.2) is 5.69 Å². The van der Waals surface area contributed by atoms with E-state index >= 15 is 0 Å². The lowest BCUT2D eigenvalue weighted by Crippen LogP contribution is -2.21. The van der Waals surface area contributed by atoms with Crippen LogP contribution in [0.25, 0.3) is 11.1 Å². The Labute approximate surface area is 121 Å². The number of anilines is 1. The number of hydrogen-bond acceptors (Lipinski definition) is 4. The van der Waals surface area contributed by atoms with Crippen LogP contribution in [0.3, 0.4) is 0 Å². The van der Waals surface area contributed by atoms with Crippen molar-refractivity contribution >= 4 is 17.7 Å². The Morgan fingerprint density at radius 2 is 1.71 bits per heavy atom. The quantitative estimate of drug-likeness (QED) is 0.895. The van der Waals surface area contributed by atoms with Crippen LogP contribution in [-0.4, -0.2) is 41.0 Å². The fourth-order valence-electron chi connectivity index (χ4n) is 1.92. The molecule has 1 aromatic carbocycles. The summed E-state index contributed by atoms with van der Waals surface area (Å²) in [5.41, 5.74) is 7.06. The van der Waals surface area contributed by atoms with E-state index in [1.54, 1.807) is 50.5 Å². The molecule has 0 atom stereocenters. The van der Waals surface area contributed by atoms with Crippen molar-refractivity contribution in [2.75, 3.05) is 19.8 Å². The zero-order chi connectivity index (χ0) is 15.6. The lowest BCUT2D eigenvalue weighted by atomic mass is 10.0. The van der Waals surface area contributed by atoms with Gasteiger partial charge in [0.1, 0.15) is 5.82 Å². The number of aromatic nitrogens is 1. The van der Waals surface area contributed by atoms with Crippen molar-refractivity contribution < 1.29 is 14.7 Å². The van der Waals surface area contributed by atoms with Crippen LogP contribution in [0.4, 0.5) is 5.82 Å². The van der Waals surface area contributed by atoms with Crippen molar-refractivity contribution in [2.45, 2.75) is 0 Å². The fraction of sp³-hybridized carbons (Fsp3) is 0.133. The summed E-state index contributed by atoms with van der Waals surface area (Å²) >= 11 is 0. The maximum absolute atomic E-state index is 11.8. The summed E-state index contributed by atoms with van der Waals surface area (Å²) in [5.74, 6) is -1.11. The summed E-state index contributed by atoms with van der Waals surface area (Å²) in [7, 11) is 3.34. The molecule has 0 aliphatic rings. The van der Waals surface area contributed by atoms with Crippen LogP contribution in [0.1, 0.15) is 20.8 Å². The van der Waals surface area contributed by atoms with Gasteiger partial charge in [-0.1, -0.05) is 12.1 Å². The predicted molar refractivity (Wildman–Crippen MR) is 79.1 cm³/mol. The molecule has 3 N–H and O–H groups in total. The molecule has 108 valence electrons. The summed E-state index contributed by atoms with van der Waals surface area (Å²) in [6.07, 6.45) is 0. The highest BCUT2D eigenvalue weighted by atomic mass is 16.4. The Balaban J connectivity index is 2.44. The van der Waals surface area contributed by atoms with Crippen molar-refractivity contribution in [2.24, 2.45) is 0 Å². The molecule has 1 heterocycles. The first-order chi connectivity index (χ1) is 9.90. The molecule has 0 spiro atoms. The molecule has 0 aliphatic carbocycles. The van der Waals surface area contributed by atoms with Crippen LogP contribution in [0, 0.1) is 0 Å². The average Bonchev–Trinajstić information content (AvgIpc) is 2.46. The van der Waals surface area contributed by atoms with E-state index in [0.29, 0.717) is 16.7 Å². The van der Waals surface area contributed by atoms with E-state index < -0.39 is 5.97 Å². The molecule has 0 saturated carbocycles. The average molecular weight is 285 g/mol. The lowest BCUT2D eigenvalue weighted by Gasteiger charge is -2.11. The monoisotopic (exact) mass is 285 g/mol. The van der Waals surface area contributed by atoms with Gasteiger partial charge >= 0.3 is 5.97 Å². The van der Waals surface area contributed by atoms with E-state index in [-0.39, 0.29) is 17.4 Å². The number of benzene rings is 1. The van der Waals surface area contributed by atoms with E-state index in [0.717, 1.165) is 0 Å². The Morgan fingerprint density at radius 3 is 2.24 bits per heavy atom. The number of amides is 1. The number of carbonyl (C=O) groups is 2. The summed E-state index contributed by atoms with van der Waals surface area (Å²) in [6.45, 7) is 0. The third-order valence-electron chi connectivity index (χ3n) is 2.97. The van der Waals surface area contributed by atoms with E-state index in [1.807, 2.05) is 0 Å². The van der Waals surface area contributed by atoms with Crippen molar-refractivity contribution in [3.63, 3.8) is 0 Å². The molecule has 6 heteroatoms. The molecule has 0 saturated heterocycles. The molecule has 2 aromatic rings. The molecule has 0 bridgehead atoms. The smallest absolute Gasteiger partial charge is 0.355 e. The molecule has 21 heavy (non-hydrogen) atoms. The zero-order valence-electron chi connectivity index (χ0n) is 11.7. The van der Waals surface area contributed by atoms with Crippen LogP contribution in [-0.2, 0) is 0 Å². The molecule has 0 aliphatic heterocycles. The molecule has 1 amide bonds. The van der Waals surface area contributed by atoms with Gasteiger partial charge in [-0.25, -0.2) is 9.78 Å². The van der Waals surface area contributed by atoms with Gasteiger partial charge in [-0.15, -0.1) is 0 Å². The van der Waals surface area contributed by atoms with E-state index in [4.69, 9.17) is 5.73 Å². The van der Waals surface area contributed by atoms with Crippen molar-refractivity contribution in [3.05, 3.63) is 47.7 Å². The van der Waals surface area contributed by atoms with Gasteiger partial charge in [0.05, 0.1) is 0 Å². The lowest BCUT2D eigenvalue weighted by molar-refractivity contribution is 0.0691. The number of carboxylic acid groups (broad SMARTS) is 1. The molecule has 1 aromatic heterocycles. The number of aromatic carboxylic acids is 1. The van der Waals surface area contributed by atoms with Crippen LogP contribution in [0.15, 0.2) is 36.4 Å². The highest BCUT2D eigenvalue weighted by Gasteiger charge is 2.15. The second kappa shape index (κ2) is 5.62. The Morgan fingerprint density at radius 1 is 1.10 bits per heavy atom. The third kappa shape index (κ3) is 3.00. The first-order valence-corrected chi connectivity index (χ1v) is 6.22. The number of rotatable bonds is 3. The second-order valence-electron chi connectivity index (χ2n) is 4.71. The Kier molecular flexibility index (Phi) is 3.89. The van der Waals surface area contributed by atoms with Crippen molar-refractivity contribution in [3.8, 4) is 11.1 Å².